The van der Waals surface area contributed by atoms with Crippen molar-refractivity contribution >= 4 is 16.9 Å². The number of H-pyrrole nitrogens is 1. The Morgan fingerprint density at radius 1 is 1.24 bits per heavy atom. The van der Waals surface area contributed by atoms with Gasteiger partial charge in [-0.2, -0.15) is 5.26 Å². The van der Waals surface area contributed by atoms with Crippen LogP contribution in [0.5, 0.6) is 0 Å². The van der Waals surface area contributed by atoms with Crippen molar-refractivity contribution in [2.45, 2.75) is 31.6 Å². The predicted molar refractivity (Wildman–Crippen MR) is 96.0 cm³/mol. The topological polar surface area (TPSA) is 95.6 Å². The SMILES string of the molecule is N#Cc1ccc2c(-c3ccc(C(N)=O)c(C4CCCC4)c3)c[nH]c2n1. The number of benzene rings is 1. The van der Waals surface area contributed by atoms with Crippen LogP contribution in [0.15, 0.2) is 36.5 Å². The second kappa shape index (κ2) is 6.06. The maximum absolute atomic E-state index is 11.8. The Bertz CT molecular complexity index is 1010. The highest BCUT2D eigenvalue weighted by atomic mass is 16.1. The zero-order valence-corrected chi connectivity index (χ0v) is 13.7. The van der Waals surface area contributed by atoms with Crippen LogP contribution in [-0.2, 0) is 0 Å². The fraction of sp³-hybridized carbons (Fsp3) is 0.250. The zero-order valence-electron chi connectivity index (χ0n) is 13.7. The molecule has 2 aromatic heterocycles. The molecule has 3 N–H and O–H groups in total. The van der Waals surface area contributed by atoms with Gasteiger partial charge < -0.3 is 10.7 Å². The van der Waals surface area contributed by atoms with Crippen LogP contribution in [0, 0.1) is 11.3 Å². The first-order valence-corrected chi connectivity index (χ1v) is 8.49. The molecule has 0 radical (unpaired) electrons. The molecule has 0 saturated heterocycles. The van der Waals surface area contributed by atoms with E-state index < -0.39 is 0 Å². The number of carbonyl (C=O) groups is 1. The molecule has 5 nitrogen and oxygen atoms in total. The Morgan fingerprint density at radius 2 is 2.04 bits per heavy atom. The number of carbonyl (C=O) groups excluding carboxylic acids is 1. The van der Waals surface area contributed by atoms with E-state index in [1.54, 1.807) is 6.07 Å². The molecule has 0 atom stereocenters. The van der Waals surface area contributed by atoms with Gasteiger partial charge in [-0.25, -0.2) is 4.98 Å². The summed E-state index contributed by atoms with van der Waals surface area (Å²) < 4.78 is 0. The summed E-state index contributed by atoms with van der Waals surface area (Å²) in [4.78, 5) is 19.3. The number of rotatable bonds is 3. The molecule has 0 aliphatic heterocycles. The van der Waals surface area contributed by atoms with E-state index in [2.05, 4.69) is 22.1 Å². The van der Waals surface area contributed by atoms with Crippen LogP contribution in [-0.4, -0.2) is 15.9 Å². The molecule has 1 aromatic carbocycles. The van der Waals surface area contributed by atoms with Crippen LogP contribution >= 0.6 is 0 Å². The van der Waals surface area contributed by atoms with E-state index in [4.69, 9.17) is 11.0 Å². The lowest BCUT2D eigenvalue weighted by atomic mass is 9.89. The van der Waals surface area contributed by atoms with Crippen molar-refractivity contribution in [2.24, 2.45) is 5.73 Å². The van der Waals surface area contributed by atoms with Crippen LogP contribution in [0.4, 0.5) is 0 Å². The highest BCUT2D eigenvalue weighted by molar-refractivity contribution is 5.97. The van der Waals surface area contributed by atoms with Crippen LogP contribution in [0.1, 0.15) is 53.2 Å². The van der Waals surface area contributed by atoms with Gasteiger partial charge in [0.25, 0.3) is 0 Å². The first-order chi connectivity index (χ1) is 12.2. The summed E-state index contributed by atoms with van der Waals surface area (Å²) in [5.41, 5.74) is 10.4. The number of nitrogens with zero attached hydrogens (tertiary/aromatic N) is 2. The number of hydrogen-bond acceptors (Lipinski definition) is 3. The molecular weight excluding hydrogens is 312 g/mol. The number of nitrogens with two attached hydrogens (primary N) is 1. The standard InChI is InChI=1S/C20H18N4O/c21-10-14-6-8-16-18(11-23-20(16)24-14)13-5-7-15(19(22)25)17(9-13)12-3-1-2-4-12/h5-9,11-12H,1-4H2,(H2,22,25)(H,23,24). The third kappa shape index (κ3) is 2.66. The molecule has 124 valence electrons. The molecule has 0 unspecified atom stereocenters. The summed E-state index contributed by atoms with van der Waals surface area (Å²) in [5, 5.41) is 9.95. The van der Waals surface area contributed by atoms with Crippen molar-refractivity contribution < 1.29 is 4.79 Å². The summed E-state index contributed by atoms with van der Waals surface area (Å²) >= 11 is 0. The van der Waals surface area contributed by atoms with E-state index in [1.165, 1.54) is 12.8 Å². The number of nitrogens with one attached hydrogen (secondary N) is 1. The minimum absolute atomic E-state index is 0.368. The van der Waals surface area contributed by atoms with Gasteiger partial charge in [0.05, 0.1) is 0 Å². The lowest BCUT2D eigenvalue weighted by Crippen LogP contribution is -2.15. The van der Waals surface area contributed by atoms with Gasteiger partial charge in [0, 0.05) is 22.7 Å². The molecule has 1 fully saturated rings. The van der Waals surface area contributed by atoms with Gasteiger partial charge in [-0.05, 0) is 48.1 Å². The van der Waals surface area contributed by atoms with E-state index in [0.29, 0.717) is 22.8 Å². The normalized spacial score (nSPS) is 14.7. The quantitative estimate of drug-likeness (QED) is 0.763. The zero-order chi connectivity index (χ0) is 17.4. The average Bonchev–Trinajstić information content (AvgIpc) is 3.30. The van der Waals surface area contributed by atoms with Gasteiger partial charge >= 0.3 is 0 Å². The van der Waals surface area contributed by atoms with Gasteiger partial charge in [-0.15, -0.1) is 0 Å². The van der Waals surface area contributed by atoms with Crippen molar-refractivity contribution in [3.05, 3.63) is 53.3 Å². The van der Waals surface area contributed by atoms with Crippen LogP contribution < -0.4 is 5.73 Å². The van der Waals surface area contributed by atoms with Crippen LogP contribution in [0.2, 0.25) is 0 Å². The third-order valence-electron chi connectivity index (χ3n) is 5.08. The van der Waals surface area contributed by atoms with E-state index in [-0.39, 0.29) is 5.91 Å². The summed E-state index contributed by atoms with van der Waals surface area (Å²) in [7, 11) is 0. The fourth-order valence-electron chi connectivity index (χ4n) is 3.84. The molecule has 0 spiro atoms. The molecule has 3 aromatic rings. The number of nitriles is 1. The van der Waals surface area contributed by atoms with Crippen LogP contribution in [0.3, 0.4) is 0 Å². The van der Waals surface area contributed by atoms with Gasteiger partial charge in [0.2, 0.25) is 5.91 Å². The number of amides is 1. The van der Waals surface area contributed by atoms with E-state index in [9.17, 15) is 4.79 Å². The van der Waals surface area contributed by atoms with Crippen LogP contribution in [0.25, 0.3) is 22.2 Å². The summed E-state index contributed by atoms with van der Waals surface area (Å²) in [5.74, 6) is 0.0312. The van der Waals surface area contributed by atoms with Gasteiger partial charge in [0.15, 0.2) is 0 Å². The Balaban J connectivity index is 1.84. The largest absolute Gasteiger partial charge is 0.366 e. The molecule has 0 bridgehead atoms. The van der Waals surface area contributed by atoms with Crippen molar-refractivity contribution in [1.29, 1.82) is 5.26 Å². The van der Waals surface area contributed by atoms with E-state index >= 15 is 0 Å². The van der Waals surface area contributed by atoms with E-state index in [1.807, 2.05) is 24.4 Å². The van der Waals surface area contributed by atoms with Crippen molar-refractivity contribution in [3.63, 3.8) is 0 Å². The molecule has 25 heavy (non-hydrogen) atoms. The van der Waals surface area contributed by atoms with Crippen molar-refractivity contribution in [1.82, 2.24) is 9.97 Å². The lowest BCUT2D eigenvalue weighted by Gasteiger charge is -2.15. The Morgan fingerprint density at radius 3 is 2.76 bits per heavy atom. The maximum atomic E-state index is 11.8. The Labute approximate surface area is 145 Å². The molecule has 4 rings (SSSR count). The Hall–Kier alpha value is -3.13. The fourth-order valence-corrected chi connectivity index (χ4v) is 3.84. The molecule has 5 heteroatoms. The molecule has 1 aliphatic rings. The molecule has 2 heterocycles. The maximum Gasteiger partial charge on any atom is 0.248 e. The predicted octanol–water partition coefficient (Wildman–Crippen LogP) is 3.86. The smallest absolute Gasteiger partial charge is 0.248 e. The minimum Gasteiger partial charge on any atom is -0.366 e. The van der Waals surface area contributed by atoms with Gasteiger partial charge in [-0.1, -0.05) is 25.0 Å². The average molecular weight is 330 g/mol. The number of aromatic amines is 1. The van der Waals surface area contributed by atoms with Gasteiger partial charge in [0.1, 0.15) is 17.4 Å². The van der Waals surface area contributed by atoms with Crippen molar-refractivity contribution in [2.75, 3.05) is 0 Å². The van der Waals surface area contributed by atoms with Gasteiger partial charge in [-0.3, -0.25) is 4.79 Å². The summed E-state index contributed by atoms with van der Waals surface area (Å²) in [6.07, 6.45) is 6.49. The lowest BCUT2D eigenvalue weighted by molar-refractivity contribution is 0.0999. The monoisotopic (exact) mass is 330 g/mol. The number of primary amides is 1. The summed E-state index contributed by atoms with van der Waals surface area (Å²) in [6, 6.07) is 11.5. The number of pyridine rings is 1. The number of fused-ring (bicyclic) bond motifs is 1. The first-order valence-electron chi connectivity index (χ1n) is 8.49. The molecular formula is C20H18N4O. The highest BCUT2D eigenvalue weighted by Crippen LogP contribution is 2.38. The molecule has 1 aliphatic carbocycles. The molecule has 1 saturated carbocycles. The second-order valence-electron chi connectivity index (χ2n) is 6.55. The highest BCUT2D eigenvalue weighted by Gasteiger charge is 2.22. The Kier molecular flexibility index (Phi) is 3.73. The first kappa shape index (κ1) is 15.4. The second-order valence-corrected chi connectivity index (χ2v) is 6.55. The van der Waals surface area contributed by atoms with Crippen molar-refractivity contribution in [3.8, 4) is 17.2 Å². The molecule has 1 amide bonds. The minimum atomic E-state index is -0.368. The van der Waals surface area contributed by atoms with E-state index in [0.717, 1.165) is 34.9 Å². The summed E-state index contributed by atoms with van der Waals surface area (Å²) in [6.45, 7) is 0. The number of hydrogen-bond donors (Lipinski definition) is 2. The number of aromatic nitrogens is 2. The third-order valence-corrected chi connectivity index (χ3v) is 5.08.